The number of amides is 2. The Hall–Kier alpha value is -2.05. The fraction of sp³-hybridized carbons (Fsp3) is 0.471. The van der Waals surface area contributed by atoms with Crippen LogP contribution >= 0.6 is 0 Å². The quantitative estimate of drug-likeness (QED) is 0.756. The third-order valence-corrected chi connectivity index (χ3v) is 3.39. The van der Waals surface area contributed by atoms with Crippen molar-refractivity contribution < 1.29 is 14.3 Å². The van der Waals surface area contributed by atoms with Crippen molar-refractivity contribution in [2.24, 2.45) is 0 Å². The summed E-state index contributed by atoms with van der Waals surface area (Å²) in [5, 5.41) is 5.67. The summed E-state index contributed by atoms with van der Waals surface area (Å²) in [6.07, 6.45) is 0. The molecule has 126 valence electrons. The minimum Gasteiger partial charge on any atom is -0.489 e. The Morgan fingerprint density at radius 2 is 2.17 bits per heavy atom. The van der Waals surface area contributed by atoms with Crippen LogP contribution in [0.1, 0.15) is 6.92 Å². The maximum atomic E-state index is 11.9. The van der Waals surface area contributed by atoms with Crippen LogP contribution in [-0.4, -0.2) is 56.9 Å². The minimum atomic E-state index is -0.213. The molecule has 0 saturated carbocycles. The van der Waals surface area contributed by atoms with E-state index >= 15 is 0 Å². The summed E-state index contributed by atoms with van der Waals surface area (Å²) >= 11 is 0. The van der Waals surface area contributed by atoms with E-state index in [4.69, 9.17) is 9.47 Å². The van der Waals surface area contributed by atoms with Gasteiger partial charge in [0, 0.05) is 37.9 Å². The molecule has 0 aromatic heterocycles. The van der Waals surface area contributed by atoms with Crippen LogP contribution in [0.25, 0.3) is 0 Å². The third-order valence-electron chi connectivity index (χ3n) is 3.39. The van der Waals surface area contributed by atoms with Crippen molar-refractivity contribution in [3.63, 3.8) is 0 Å². The van der Waals surface area contributed by atoms with Crippen molar-refractivity contribution in [3.05, 3.63) is 36.4 Å². The Bertz CT molecular complexity index is 528. The predicted molar refractivity (Wildman–Crippen MR) is 91.0 cm³/mol. The van der Waals surface area contributed by atoms with Crippen LogP contribution in [0.15, 0.2) is 36.4 Å². The topological polar surface area (TPSA) is 62.8 Å². The van der Waals surface area contributed by atoms with Crippen LogP contribution in [0.2, 0.25) is 0 Å². The first-order valence-electron chi connectivity index (χ1n) is 7.85. The van der Waals surface area contributed by atoms with Crippen molar-refractivity contribution >= 4 is 11.7 Å². The van der Waals surface area contributed by atoms with Gasteiger partial charge in [-0.05, 0) is 24.6 Å². The van der Waals surface area contributed by atoms with Gasteiger partial charge < -0.3 is 20.1 Å². The van der Waals surface area contributed by atoms with Gasteiger partial charge in [-0.3, -0.25) is 4.90 Å². The van der Waals surface area contributed by atoms with E-state index in [1.807, 2.05) is 25.1 Å². The van der Waals surface area contributed by atoms with Gasteiger partial charge in [0.05, 0.1) is 13.2 Å². The second-order valence-corrected chi connectivity index (χ2v) is 5.61. The van der Waals surface area contributed by atoms with Gasteiger partial charge in [-0.25, -0.2) is 4.79 Å². The van der Waals surface area contributed by atoms with Crippen LogP contribution < -0.4 is 15.4 Å². The number of nitrogens with one attached hydrogen (secondary N) is 2. The molecule has 2 rings (SSSR count). The number of anilines is 1. The molecule has 0 radical (unpaired) electrons. The number of carbonyl (C=O) groups is 1. The van der Waals surface area contributed by atoms with Gasteiger partial charge in [-0.1, -0.05) is 12.6 Å². The van der Waals surface area contributed by atoms with E-state index in [1.165, 1.54) is 0 Å². The van der Waals surface area contributed by atoms with E-state index in [9.17, 15) is 4.79 Å². The molecule has 1 saturated heterocycles. The minimum absolute atomic E-state index is 0.213. The molecule has 1 aliphatic heterocycles. The number of carbonyl (C=O) groups excluding carboxylic acids is 1. The molecule has 23 heavy (non-hydrogen) atoms. The second kappa shape index (κ2) is 9.17. The number of rotatable bonds is 7. The van der Waals surface area contributed by atoms with Gasteiger partial charge in [0.25, 0.3) is 0 Å². The van der Waals surface area contributed by atoms with E-state index in [2.05, 4.69) is 22.1 Å². The summed E-state index contributed by atoms with van der Waals surface area (Å²) in [6, 6.07) is 7.11. The maximum absolute atomic E-state index is 11.9. The Balaban J connectivity index is 1.71. The first-order chi connectivity index (χ1) is 11.1. The van der Waals surface area contributed by atoms with Crippen molar-refractivity contribution in [2.45, 2.75) is 6.92 Å². The lowest BCUT2D eigenvalue weighted by atomic mass is 10.3. The smallest absolute Gasteiger partial charge is 0.319 e. The highest BCUT2D eigenvalue weighted by molar-refractivity contribution is 5.89. The number of hydrogen-bond donors (Lipinski definition) is 2. The van der Waals surface area contributed by atoms with Crippen LogP contribution in [0.4, 0.5) is 10.5 Å². The summed E-state index contributed by atoms with van der Waals surface area (Å²) in [7, 11) is 0. The number of ether oxygens (including phenoxy) is 2. The van der Waals surface area contributed by atoms with Crippen LogP contribution in [-0.2, 0) is 4.74 Å². The molecule has 1 heterocycles. The summed E-state index contributed by atoms with van der Waals surface area (Å²) in [5.41, 5.74) is 1.65. The van der Waals surface area contributed by atoms with Crippen LogP contribution in [0.5, 0.6) is 5.75 Å². The van der Waals surface area contributed by atoms with Gasteiger partial charge in [0.1, 0.15) is 12.4 Å². The summed E-state index contributed by atoms with van der Waals surface area (Å²) in [4.78, 5) is 14.2. The monoisotopic (exact) mass is 319 g/mol. The van der Waals surface area contributed by atoms with Gasteiger partial charge in [-0.2, -0.15) is 0 Å². The average Bonchev–Trinajstić information content (AvgIpc) is 2.54. The Morgan fingerprint density at radius 3 is 2.91 bits per heavy atom. The number of urea groups is 1. The first-order valence-corrected chi connectivity index (χ1v) is 7.85. The molecular weight excluding hydrogens is 294 g/mol. The van der Waals surface area contributed by atoms with E-state index < -0.39 is 0 Å². The molecule has 1 fully saturated rings. The fourth-order valence-corrected chi connectivity index (χ4v) is 2.20. The molecule has 1 aliphatic rings. The van der Waals surface area contributed by atoms with E-state index in [0.717, 1.165) is 38.4 Å². The van der Waals surface area contributed by atoms with Crippen molar-refractivity contribution in [1.82, 2.24) is 10.2 Å². The second-order valence-electron chi connectivity index (χ2n) is 5.61. The van der Waals surface area contributed by atoms with E-state index in [1.54, 1.807) is 6.07 Å². The average molecular weight is 319 g/mol. The van der Waals surface area contributed by atoms with Crippen LogP contribution in [0, 0.1) is 0 Å². The number of nitrogens with zero attached hydrogens (tertiary/aromatic N) is 1. The fourth-order valence-electron chi connectivity index (χ4n) is 2.20. The van der Waals surface area contributed by atoms with Gasteiger partial charge in [0.15, 0.2) is 0 Å². The number of morpholine rings is 1. The highest BCUT2D eigenvalue weighted by atomic mass is 16.5. The zero-order valence-corrected chi connectivity index (χ0v) is 13.6. The predicted octanol–water partition coefficient (Wildman–Crippen LogP) is 2.10. The van der Waals surface area contributed by atoms with Gasteiger partial charge in [-0.15, -0.1) is 0 Å². The Kier molecular flexibility index (Phi) is 6.90. The molecule has 6 nitrogen and oxygen atoms in total. The Morgan fingerprint density at radius 1 is 1.39 bits per heavy atom. The highest BCUT2D eigenvalue weighted by Gasteiger charge is 2.10. The molecule has 0 unspecified atom stereocenters. The third kappa shape index (κ3) is 6.71. The Labute approximate surface area is 137 Å². The molecule has 6 heteroatoms. The molecule has 1 aromatic carbocycles. The number of hydrogen-bond acceptors (Lipinski definition) is 4. The lowest BCUT2D eigenvalue weighted by Gasteiger charge is -2.26. The normalized spacial score (nSPS) is 15.0. The first kappa shape index (κ1) is 17.3. The lowest BCUT2D eigenvalue weighted by Crippen LogP contribution is -2.42. The molecule has 2 N–H and O–H groups in total. The molecule has 0 bridgehead atoms. The SMILES string of the molecule is C=C(C)COc1cccc(NC(=O)NCCN2CCOCC2)c1. The molecule has 0 atom stereocenters. The molecule has 2 amide bonds. The molecular formula is C17H25N3O3. The van der Waals surface area contributed by atoms with E-state index in [0.29, 0.717) is 24.6 Å². The van der Waals surface area contributed by atoms with E-state index in [-0.39, 0.29) is 6.03 Å². The summed E-state index contributed by atoms with van der Waals surface area (Å²) in [6.45, 7) is 11.0. The molecule has 1 aromatic rings. The largest absolute Gasteiger partial charge is 0.489 e. The zero-order chi connectivity index (χ0) is 16.5. The van der Waals surface area contributed by atoms with Gasteiger partial charge in [0.2, 0.25) is 0 Å². The summed E-state index contributed by atoms with van der Waals surface area (Å²) < 4.78 is 10.9. The zero-order valence-electron chi connectivity index (χ0n) is 13.6. The van der Waals surface area contributed by atoms with Gasteiger partial charge >= 0.3 is 6.03 Å². The molecule has 0 spiro atoms. The van der Waals surface area contributed by atoms with Crippen LogP contribution in [0.3, 0.4) is 0 Å². The van der Waals surface area contributed by atoms with Crippen molar-refractivity contribution in [3.8, 4) is 5.75 Å². The lowest BCUT2D eigenvalue weighted by molar-refractivity contribution is 0.0388. The number of benzene rings is 1. The van der Waals surface area contributed by atoms with Crippen molar-refractivity contribution in [2.75, 3.05) is 51.3 Å². The van der Waals surface area contributed by atoms with Crippen molar-refractivity contribution in [1.29, 1.82) is 0 Å². The standard InChI is InChI=1S/C17H25N3O3/c1-14(2)13-23-16-5-3-4-15(12-16)19-17(21)18-6-7-20-8-10-22-11-9-20/h3-5,12H,1,6-11,13H2,2H3,(H2,18,19,21). The molecule has 0 aliphatic carbocycles. The summed E-state index contributed by atoms with van der Waals surface area (Å²) in [5.74, 6) is 0.708. The maximum Gasteiger partial charge on any atom is 0.319 e. The highest BCUT2D eigenvalue weighted by Crippen LogP contribution is 2.17.